The summed E-state index contributed by atoms with van der Waals surface area (Å²) >= 11 is 0. The standard InChI is InChI=1S/C26H22O.C2H6/c1-19(27)22-11-13-23(14-12-22)25-16-15-24-17-21(9-10-26(24)18-25)8-7-20-5-3-2-4-6-20;1-2/h2-6,9-18H,7-8H2,1H3;1-2H3. The molecule has 0 heterocycles. The van der Waals surface area contributed by atoms with E-state index in [0.717, 1.165) is 24.0 Å². The van der Waals surface area contributed by atoms with Crippen molar-refractivity contribution in [2.75, 3.05) is 0 Å². The van der Waals surface area contributed by atoms with E-state index in [1.807, 2.05) is 38.1 Å². The number of hydrogen-bond acceptors (Lipinski definition) is 1. The average Bonchev–Trinajstić information content (AvgIpc) is 2.79. The van der Waals surface area contributed by atoms with Gasteiger partial charge in [0.2, 0.25) is 0 Å². The van der Waals surface area contributed by atoms with E-state index < -0.39 is 0 Å². The first-order valence-corrected chi connectivity index (χ1v) is 10.4. The molecule has 0 saturated carbocycles. The molecule has 0 amide bonds. The smallest absolute Gasteiger partial charge is 0.159 e. The van der Waals surface area contributed by atoms with Gasteiger partial charge >= 0.3 is 0 Å². The van der Waals surface area contributed by atoms with Crippen LogP contribution >= 0.6 is 0 Å². The lowest BCUT2D eigenvalue weighted by atomic mass is 9.97. The summed E-state index contributed by atoms with van der Waals surface area (Å²) in [4.78, 5) is 11.4. The Kier molecular flexibility index (Phi) is 6.97. The van der Waals surface area contributed by atoms with Crippen molar-refractivity contribution >= 4 is 16.6 Å². The minimum Gasteiger partial charge on any atom is -0.295 e. The van der Waals surface area contributed by atoms with Crippen molar-refractivity contribution < 1.29 is 4.79 Å². The number of ketones is 1. The topological polar surface area (TPSA) is 17.1 Å². The molecular weight excluding hydrogens is 352 g/mol. The van der Waals surface area contributed by atoms with E-state index in [-0.39, 0.29) is 5.78 Å². The lowest BCUT2D eigenvalue weighted by molar-refractivity contribution is 0.101. The molecule has 146 valence electrons. The van der Waals surface area contributed by atoms with E-state index in [1.165, 1.54) is 27.5 Å². The molecule has 4 aromatic rings. The predicted molar refractivity (Wildman–Crippen MR) is 125 cm³/mol. The van der Waals surface area contributed by atoms with Crippen LogP contribution in [0.2, 0.25) is 0 Å². The third-order valence-electron chi connectivity index (χ3n) is 5.07. The number of benzene rings is 4. The quantitative estimate of drug-likeness (QED) is 0.327. The van der Waals surface area contributed by atoms with Crippen LogP contribution < -0.4 is 0 Å². The molecule has 0 atom stereocenters. The Morgan fingerprint density at radius 2 is 1.21 bits per heavy atom. The highest BCUT2D eigenvalue weighted by atomic mass is 16.1. The monoisotopic (exact) mass is 380 g/mol. The molecule has 4 rings (SSSR count). The van der Waals surface area contributed by atoms with E-state index in [2.05, 4.69) is 66.7 Å². The van der Waals surface area contributed by atoms with Gasteiger partial charge < -0.3 is 0 Å². The Labute approximate surface area is 174 Å². The van der Waals surface area contributed by atoms with Gasteiger partial charge in [0.15, 0.2) is 5.78 Å². The van der Waals surface area contributed by atoms with Gasteiger partial charge in [-0.15, -0.1) is 0 Å². The van der Waals surface area contributed by atoms with Gasteiger partial charge in [-0.1, -0.05) is 98.8 Å². The summed E-state index contributed by atoms with van der Waals surface area (Å²) in [5.41, 5.74) is 5.80. The lowest BCUT2D eigenvalue weighted by Crippen LogP contribution is -1.92. The fourth-order valence-corrected chi connectivity index (χ4v) is 3.46. The Bertz CT molecular complexity index is 1080. The molecule has 0 N–H and O–H groups in total. The normalized spacial score (nSPS) is 10.3. The van der Waals surface area contributed by atoms with Gasteiger partial charge in [-0.3, -0.25) is 4.79 Å². The summed E-state index contributed by atoms with van der Waals surface area (Å²) in [6.45, 7) is 5.60. The molecule has 0 saturated heterocycles. The number of rotatable bonds is 5. The molecule has 0 aromatic heterocycles. The van der Waals surface area contributed by atoms with Crippen LogP contribution in [0.3, 0.4) is 0 Å². The summed E-state index contributed by atoms with van der Waals surface area (Å²) in [6, 6.07) is 31.8. The molecule has 0 spiro atoms. The number of fused-ring (bicyclic) bond motifs is 1. The van der Waals surface area contributed by atoms with Crippen molar-refractivity contribution in [1.82, 2.24) is 0 Å². The summed E-state index contributed by atoms with van der Waals surface area (Å²) in [5, 5.41) is 2.51. The molecule has 4 aromatic carbocycles. The fraction of sp³-hybridized carbons (Fsp3) is 0.179. The van der Waals surface area contributed by atoms with Gasteiger partial charge in [0.25, 0.3) is 0 Å². The highest BCUT2D eigenvalue weighted by Gasteiger charge is 2.04. The summed E-state index contributed by atoms with van der Waals surface area (Å²) in [5.74, 6) is 0.100. The predicted octanol–water partition coefficient (Wildman–Crippen LogP) is 7.52. The van der Waals surface area contributed by atoms with Gasteiger partial charge in [-0.05, 0) is 58.9 Å². The second-order valence-electron chi connectivity index (χ2n) is 7.02. The van der Waals surface area contributed by atoms with Gasteiger partial charge in [0.1, 0.15) is 0 Å². The van der Waals surface area contributed by atoms with Gasteiger partial charge in [-0.25, -0.2) is 0 Å². The summed E-state index contributed by atoms with van der Waals surface area (Å²) < 4.78 is 0. The van der Waals surface area contributed by atoms with Crippen molar-refractivity contribution in [2.24, 2.45) is 0 Å². The van der Waals surface area contributed by atoms with Crippen molar-refractivity contribution in [1.29, 1.82) is 0 Å². The van der Waals surface area contributed by atoms with Crippen LogP contribution in [0.4, 0.5) is 0 Å². The molecule has 1 heteroatoms. The number of aryl methyl sites for hydroxylation is 2. The summed E-state index contributed by atoms with van der Waals surface area (Å²) in [6.07, 6.45) is 2.11. The molecule has 0 aliphatic carbocycles. The first kappa shape index (κ1) is 20.5. The van der Waals surface area contributed by atoms with E-state index in [0.29, 0.717) is 0 Å². The number of hydrogen-bond donors (Lipinski definition) is 0. The number of carbonyl (C=O) groups excluding carboxylic acids is 1. The maximum atomic E-state index is 11.4. The molecular formula is C28H28O. The Hall–Kier alpha value is -3.19. The van der Waals surface area contributed by atoms with Gasteiger partial charge in [-0.2, -0.15) is 0 Å². The Morgan fingerprint density at radius 3 is 1.90 bits per heavy atom. The van der Waals surface area contributed by atoms with Crippen LogP contribution in [0.1, 0.15) is 42.3 Å². The molecule has 0 radical (unpaired) electrons. The van der Waals surface area contributed by atoms with E-state index in [9.17, 15) is 4.79 Å². The highest BCUT2D eigenvalue weighted by Crippen LogP contribution is 2.26. The zero-order valence-electron chi connectivity index (χ0n) is 17.5. The zero-order chi connectivity index (χ0) is 20.6. The molecule has 0 unspecified atom stereocenters. The highest BCUT2D eigenvalue weighted by molar-refractivity contribution is 5.95. The largest absolute Gasteiger partial charge is 0.295 e. The first-order valence-electron chi connectivity index (χ1n) is 10.4. The molecule has 1 nitrogen and oxygen atoms in total. The molecule has 0 aliphatic heterocycles. The maximum absolute atomic E-state index is 11.4. The van der Waals surface area contributed by atoms with Crippen molar-refractivity contribution in [3.05, 3.63) is 108 Å². The van der Waals surface area contributed by atoms with Gasteiger partial charge in [0.05, 0.1) is 0 Å². The van der Waals surface area contributed by atoms with Crippen molar-refractivity contribution in [3.8, 4) is 11.1 Å². The van der Waals surface area contributed by atoms with E-state index in [1.54, 1.807) is 6.92 Å². The average molecular weight is 381 g/mol. The minimum absolute atomic E-state index is 0.100. The van der Waals surface area contributed by atoms with Gasteiger partial charge in [0, 0.05) is 5.56 Å². The van der Waals surface area contributed by atoms with Crippen molar-refractivity contribution in [2.45, 2.75) is 33.6 Å². The Balaban J connectivity index is 0.00000117. The van der Waals surface area contributed by atoms with Crippen LogP contribution in [0.15, 0.2) is 91.0 Å². The van der Waals surface area contributed by atoms with Crippen molar-refractivity contribution in [3.63, 3.8) is 0 Å². The van der Waals surface area contributed by atoms with Crippen LogP contribution in [-0.2, 0) is 12.8 Å². The van der Waals surface area contributed by atoms with E-state index in [4.69, 9.17) is 0 Å². The third-order valence-corrected chi connectivity index (χ3v) is 5.07. The molecule has 0 bridgehead atoms. The molecule has 0 aliphatic rings. The minimum atomic E-state index is 0.100. The van der Waals surface area contributed by atoms with E-state index >= 15 is 0 Å². The second-order valence-corrected chi connectivity index (χ2v) is 7.02. The molecule has 29 heavy (non-hydrogen) atoms. The maximum Gasteiger partial charge on any atom is 0.159 e. The fourth-order valence-electron chi connectivity index (χ4n) is 3.46. The van der Waals surface area contributed by atoms with Crippen LogP contribution in [-0.4, -0.2) is 5.78 Å². The number of carbonyl (C=O) groups is 1. The molecule has 0 fully saturated rings. The van der Waals surface area contributed by atoms with Crippen LogP contribution in [0, 0.1) is 0 Å². The first-order chi connectivity index (χ1) is 14.2. The Morgan fingerprint density at radius 1 is 0.621 bits per heavy atom. The SMILES string of the molecule is CC.CC(=O)c1ccc(-c2ccc3cc(CCc4ccccc4)ccc3c2)cc1. The summed E-state index contributed by atoms with van der Waals surface area (Å²) in [7, 11) is 0. The second kappa shape index (κ2) is 9.84. The third kappa shape index (κ3) is 5.20. The number of Topliss-reactive ketones (excluding diaryl/α,β-unsaturated/α-hetero) is 1. The van der Waals surface area contributed by atoms with Crippen LogP contribution in [0.25, 0.3) is 21.9 Å². The zero-order valence-corrected chi connectivity index (χ0v) is 17.5. The lowest BCUT2D eigenvalue weighted by Gasteiger charge is -2.08. The van der Waals surface area contributed by atoms with Crippen LogP contribution in [0.5, 0.6) is 0 Å².